The molecule has 6 heteroatoms. The molecule has 0 saturated heterocycles. The van der Waals surface area contributed by atoms with E-state index in [9.17, 15) is 9.59 Å². The number of rotatable bonds is 2. The highest BCUT2D eigenvalue weighted by Gasteiger charge is 2.52. The topological polar surface area (TPSA) is 93.1 Å². The molecular formula is C9H12O6. The molecular weight excluding hydrogens is 204 g/mol. The van der Waals surface area contributed by atoms with Crippen molar-refractivity contribution in [1.82, 2.24) is 0 Å². The minimum Gasteiger partial charge on any atom is -0.450 e. The lowest BCUT2D eigenvalue weighted by atomic mass is 9.98. The van der Waals surface area contributed by atoms with E-state index in [0.717, 1.165) is 12.8 Å². The summed E-state index contributed by atoms with van der Waals surface area (Å²) in [6.07, 6.45) is -1.13. The molecule has 0 aromatic rings. The van der Waals surface area contributed by atoms with Crippen LogP contribution in [0.25, 0.3) is 0 Å². The van der Waals surface area contributed by atoms with Gasteiger partial charge in [-0.2, -0.15) is 0 Å². The van der Waals surface area contributed by atoms with E-state index in [1.165, 1.54) is 0 Å². The molecule has 2 saturated carbocycles. The summed E-state index contributed by atoms with van der Waals surface area (Å²) in [6.45, 7) is 0. The van der Waals surface area contributed by atoms with Crippen molar-refractivity contribution in [2.45, 2.75) is 31.5 Å². The Balaban J connectivity index is 1.99. The Kier molecular flexibility index (Phi) is 2.42. The maximum atomic E-state index is 10.4. The first-order valence-electron chi connectivity index (χ1n) is 4.87. The maximum absolute atomic E-state index is 10.4. The lowest BCUT2D eigenvalue weighted by Crippen LogP contribution is -2.27. The number of carbonyl (C=O) groups is 2. The molecule has 4 unspecified atom stereocenters. The second-order valence-electron chi connectivity index (χ2n) is 4.01. The lowest BCUT2D eigenvalue weighted by molar-refractivity contribution is 0.00209. The third-order valence-corrected chi connectivity index (χ3v) is 3.26. The first-order chi connectivity index (χ1) is 7.08. The van der Waals surface area contributed by atoms with Crippen LogP contribution in [0.5, 0.6) is 0 Å². The largest absolute Gasteiger partial charge is 0.506 e. The molecule has 0 spiro atoms. The van der Waals surface area contributed by atoms with Gasteiger partial charge in [-0.25, -0.2) is 9.59 Å². The SMILES string of the molecule is O=C(O)OC1CC2CCC1C2OC(=O)O. The van der Waals surface area contributed by atoms with Crippen molar-refractivity contribution in [3.8, 4) is 0 Å². The molecule has 0 aromatic carbocycles. The molecule has 0 amide bonds. The molecule has 6 nitrogen and oxygen atoms in total. The van der Waals surface area contributed by atoms with Crippen LogP contribution in [-0.4, -0.2) is 34.7 Å². The van der Waals surface area contributed by atoms with E-state index in [1.54, 1.807) is 0 Å². The van der Waals surface area contributed by atoms with E-state index in [2.05, 4.69) is 0 Å². The quantitative estimate of drug-likeness (QED) is 0.680. The van der Waals surface area contributed by atoms with Gasteiger partial charge in [-0.05, 0) is 19.3 Å². The third kappa shape index (κ3) is 1.84. The average Bonchev–Trinajstić information content (AvgIpc) is 2.60. The number of fused-ring (bicyclic) bond motifs is 2. The third-order valence-electron chi connectivity index (χ3n) is 3.26. The second-order valence-corrected chi connectivity index (χ2v) is 4.01. The summed E-state index contributed by atoms with van der Waals surface area (Å²) in [4.78, 5) is 20.8. The van der Waals surface area contributed by atoms with Gasteiger partial charge in [0.05, 0.1) is 0 Å². The van der Waals surface area contributed by atoms with E-state index < -0.39 is 18.4 Å². The fraction of sp³-hybridized carbons (Fsp3) is 0.778. The highest BCUT2D eigenvalue weighted by Crippen LogP contribution is 2.47. The molecule has 0 aliphatic heterocycles. The second kappa shape index (κ2) is 3.60. The molecule has 2 aliphatic rings. The Hall–Kier alpha value is -1.46. The fourth-order valence-electron chi connectivity index (χ4n) is 2.77. The van der Waals surface area contributed by atoms with Gasteiger partial charge < -0.3 is 19.7 Å². The average molecular weight is 216 g/mol. The highest BCUT2D eigenvalue weighted by atomic mass is 16.7. The van der Waals surface area contributed by atoms with E-state index in [4.69, 9.17) is 19.7 Å². The van der Waals surface area contributed by atoms with Gasteiger partial charge in [-0.15, -0.1) is 0 Å². The van der Waals surface area contributed by atoms with Gasteiger partial charge in [0.2, 0.25) is 0 Å². The number of hydrogen-bond acceptors (Lipinski definition) is 4. The summed E-state index contributed by atoms with van der Waals surface area (Å²) in [5, 5.41) is 17.0. The summed E-state index contributed by atoms with van der Waals surface area (Å²) >= 11 is 0. The molecule has 15 heavy (non-hydrogen) atoms. The van der Waals surface area contributed by atoms with E-state index in [-0.39, 0.29) is 17.9 Å². The van der Waals surface area contributed by atoms with Crippen LogP contribution in [0, 0.1) is 11.8 Å². The van der Waals surface area contributed by atoms with Gasteiger partial charge in [0.1, 0.15) is 12.2 Å². The van der Waals surface area contributed by atoms with E-state index in [0.29, 0.717) is 6.42 Å². The van der Waals surface area contributed by atoms with Crippen molar-refractivity contribution >= 4 is 12.3 Å². The van der Waals surface area contributed by atoms with E-state index >= 15 is 0 Å². The minimum absolute atomic E-state index is 0.0952. The van der Waals surface area contributed by atoms with Gasteiger partial charge in [0, 0.05) is 11.8 Å². The predicted molar refractivity (Wildman–Crippen MR) is 46.6 cm³/mol. The Bertz CT molecular complexity index is 288. The van der Waals surface area contributed by atoms with Crippen LogP contribution in [0.15, 0.2) is 0 Å². The van der Waals surface area contributed by atoms with Crippen LogP contribution in [0.4, 0.5) is 9.59 Å². The highest BCUT2D eigenvalue weighted by molar-refractivity contribution is 5.58. The van der Waals surface area contributed by atoms with Gasteiger partial charge in [-0.3, -0.25) is 0 Å². The number of carboxylic acid groups (broad SMARTS) is 2. The lowest BCUT2D eigenvalue weighted by Gasteiger charge is -2.19. The molecule has 4 atom stereocenters. The molecule has 84 valence electrons. The van der Waals surface area contributed by atoms with Crippen molar-refractivity contribution in [2.24, 2.45) is 11.8 Å². The molecule has 2 fully saturated rings. The summed E-state index contributed by atoms with van der Waals surface area (Å²) in [7, 11) is 0. The standard InChI is InChI=1S/C9H12O6/c10-8(11)14-6-3-4-1-2-5(6)7(4)15-9(12)13/h4-7H,1-3H2,(H,10,11)(H,12,13). The molecule has 0 heterocycles. The van der Waals surface area contributed by atoms with Gasteiger partial charge in [-0.1, -0.05) is 0 Å². The Morgan fingerprint density at radius 2 is 1.73 bits per heavy atom. The Labute approximate surface area is 85.8 Å². The van der Waals surface area contributed by atoms with Crippen molar-refractivity contribution in [1.29, 1.82) is 0 Å². The molecule has 0 radical (unpaired) electrons. The zero-order chi connectivity index (χ0) is 11.0. The van der Waals surface area contributed by atoms with E-state index in [1.807, 2.05) is 0 Å². The van der Waals surface area contributed by atoms with Gasteiger partial charge in [0.25, 0.3) is 0 Å². The van der Waals surface area contributed by atoms with Gasteiger partial charge >= 0.3 is 12.3 Å². The number of hydrogen-bond donors (Lipinski definition) is 2. The van der Waals surface area contributed by atoms with Gasteiger partial charge in [0.15, 0.2) is 0 Å². The Morgan fingerprint density at radius 1 is 1.07 bits per heavy atom. The van der Waals surface area contributed by atoms with Crippen molar-refractivity contribution in [3.05, 3.63) is 0 Å². The molecule has 2 bridgehead atoms. The van der Waals surface area contributed by atoms with Crippen molar-refractivity contribution in [3.63, 3.8) is 0 Å². The number of ether oxygens (including phenoxy) is 2. The summed E-state index contributed by atoms with van der Waals surface area (Å²) < 4.78 is 9.45. The molecule has 2 aliphatic carbocycles. The predicted octanol–water partition coefficient (Wildman–Crippen LogP) is 1.54. The fourth-order valence-corrected chi connectivity index (χ4v) is 2.77. The monoisotopic (exact) mass is 216 g/mol. The van der Waals surface area contributed by atoms with Crippen molar-refractivity contribution in [2.75, 3.05) is 0 Å². The van der Waals surface area contributed by atoms with Crippen LogP contribution >= 0.6 is 0 Å². The zero-order valence-corrected chi connectivity index (χ0v) is 7.96. The summed E-state index contributed by atoms with van der Waals surface area (Å²) in [5.41, 5.74) is 0. The maximum Gasteiger partial charge on any atom is 0.506 e. The van der Waals surface area contributed by atoms with Crippen LogP contribution in [0.2, 0.25) is 0 Å². The smallest absolute Gasteiger partial charge is 0.450 e. The minimum atomic E-state index is -1.30. The Morgan fingerprint density at radius 3 is 2.33 bits per heavy atom. The first kappa shape index (κ1) is 10.1. The van der Waals surface area contributed by atoms with Crippen molar-refractivity contribution < 1.29 is 29.3 Å². The first-order valence-corrected chi connectivity index (χ1v) is 4.87. The normalized spacial score (nSPS) is 37.6. The van der Waals surface area contributed by atoms with Crippen LogP contribution in [0.1, 0.15) is 19.3 Å². The summed E-state index contributed by atoms with van der Waals surface area (Å²) in [5.74, 6) is 0.0256. The molecule has 2 N–H and O–H groups in total. The van der Waals surface area contributed by atoms with Crippen LogP contribution in [0.3, 0.4) is 0 Å². The van der Waals surface area contributed by atoms with Crippen LogP contribution in [-0.2, 0) is 9.47 Å². The molecule has 2 rings (SSSR count). The zero-order valence-electron chi connectivity index (χ0n) is 7.96. The molecule has 0 aromatic heterocycles. The summed E-state index contributed by atoms with van der Waals surface area (Å²) in [6, 6.07) is 0. The van der Waals surface area contributed by atoms with Crippen LogP contribution < -0.4 is 0 Å².